The summed E-state index contributed by atoms with van der Waals surface area (Å²) in [4.78, 5) is 8.77. The van der Waals surface area contributed by atoms with E-state index < -0.39 is 5.43 Å². The molecule has 8 heavy (non-hydrogen) atoms. The fraction of sp³-hybridized carbons (Fsp3) is 0.800. The van der Waals surface area contributed by atoms with Gasteiger partial charge in [-0.2, -0.15) is 0 Å². The highest BCUT2D eigenvalue weighted by molar-refractivity contribution is 6.60. The van der Waals surface area contributed by atoms with Gasteiger partial charge in [-0.15, -0.1) is 0 Å². The zero-order chi connectivity index (χ0) is 6.41. The van der Waals surface area contributed by atoms with E-state index in [1.54, 1.807) is 0 Å². The Labute approximate surface area is 53.5 Å². The van der Waals surface area contributed by atoms with Crippen molar-refractivity contribution in [2.24, 2.45) is 0 Å². The summed E-state index contributed by atoms with van der Waals surface area (Å²) in [5, 5.41) is 7.18. The fourth-order valence-electron chi connectivity index (χ4n) is 0.250. The Bertz CT molecular complexity index is 60.8. The molecule has 1 aliphatic rings. The molecule has 1 rings (SSSR count). The van der Waals surface area contributed by atoms with E-state index in [4.69, 9.17) is 9.90 Å². The molecule has 1 aliphatic carbocycles. The van der Waals surface area contributed by atoms with Gasteiger partial charge in [-0.3, -0.25) is 0 Å². The quantitative estimate of drug-likeness (QED) is 0.520. The number of hydrogen-bond acceptors (Lipinski definition) is 1. The Kier molecular flexibility index (Phi) is 4.76. The first-order chi connectivity index (χ1) is 3.73. The van der Waals surface area contributed by atoms with Gasteiger partial charge >= 0.3 is 5.43 Å². The van der Waals surface area contributed by atoms with Crippen LogP contribution in [0.25, 0.3) is 0 Å². The van der Waals surface area contributed by atoms with Crippen LogP contribution in [0.1, 0.15) is 25.7 Å². The van der Waals surface area contributed by atoms with E-state index in [1.165, 1.54) is 25.7 Å². The lowest BCUT2D eigenvalue weighted by molar-refractivity contribution is 0.220. The molecule has 0 amide bonds. The van der Waals surface area contributed by atoms with E-state index in [-0.39, 0.29) is 0 Å². The van der Waals surface area contributed by atoms with Crippen LogP contribution in [-0.4, -0.2) is 10.5 Å². The third-order valence-electron chi connectivity index (χ3n) is 1.000. The van der Waals surface area contributed by atoms with E-state index in [2.05, 4.69) is 11.6 Å². The number of rotatable bonds is 0. The van der Waals surface area contributed by atoms with Gasteiger partial charge in [0.15, 0.2) is 0 Å². The SMILES string of the molecule is C1CCC1.O=C(O)Cl. The molecule has 0 atom stereocenters. The summed E-state index contributed by atoms with van der Waals surface area (Å²) < 4.78 is 0. The van der Waals surface area contributed by atoms with Gasteiger partial charge in [0.25, 0.3) is 0 Å². The van der Waals surface area contributed by atoms with Crippen LogP contribution in [0.3, 0.4) is 0 Å². The highest BCUT2D eigenvalue weighted by Crippen LogP contribution is 2.15. The van der Waals surface area contributed by atoms with Gasteiger partial charge < -0.3 is 5.11 Å². The molecular formula is C5H9ClO2. The van der Waals surface area contributed by atoms with Crippen LogP contribution in [0.2, 0.25) is 0 Å². The van der Waals surface area contributed by atoms with E-state index in [1.807, 2.05) is 0 Å². The first-order valence-corrected chi connectivity index (χ1v) is 2.99. The fourth-order valence-corrected chi connectivity index (χ4v) is 0.250. The molecule has 2 nitrogen and oxygen atoms in total. The molecule has 0 heterocycles. The zero-order valence-corrected chi connectivity index (χ0v) is 5.32. The van der Waals surface area contributed by atoms with Gasteiger partial charge in [-0.05, 0) is 0 Å². The monoisotopic (exact) mass is 136 g/mol. The average molecular weight is 137 g/mol. The van der Waals surface area contributed by atoms with Crippen molar-refractivity contribution in [2.45, 2.75) is 25.7 Å². The van der Waals surface area contributed by atoms with Crippen molar-refractivity contribution >= 4 is 17.0 Å². The standard InChI is InChI=1S/C4H8.CHClO2/c1-2-4-3-1;2-1(3)4/h1-4H2;(H,3,4). The summed E-state index contributed by atoms with van der Waals surface area (Å²) in [5.74, 6) is 0. The Balaban J connectivity index is 0.000000122. The van der Waals surface area contributed by atoms with Crippen molar-refractivity contribution in [3.63, 3.8) is 0 Å². The molecule has 3 heteroatoms. The molecule has 0 unspecified atom stereocenters. The molecular weight excluding hydrogens is 128 g/mol. The number of halogens is 1. The second kappa shape index (κ2) is 4.91. The normalized spacial score (nSPS) is 15.1. The topological polar surface area (TPSA) is 37.3 Å². The van der Waals surface area contributed by atoms with E-state index in [9.17, 15) is 0 Å². The summed E-state index contributed by atoms with van der Waals surface area (Å²) in [6.07, 6.45) is 6.00. The summed E-state index contributed by atoms with van der Waals surface area (Å²) in [5.41, 5.74) is -1.36. The lowest BCUT2D eigenvalue weighted by Gasteiger charge is -2.05. The van der Waals surface area contributed by atoms with E-state index >= 15 is 0 Å². The molecule has 0 spiro atoms. The molecule has 1 N–H and O–H groups in total. The maximum atomic E-state index is 8.77. The van der Waals surface area contributed by atoms with Crippen molar-refractivity contribution in [3.8, 4) is 0 Å². The predicted octanol–water partition coefficient (Wildman–Crippen LogP) is 2.46. The summed E-state index contributed by atoms with van der Waals surface area (Å²) in [6.45, 7) is 0. The largest absolute Gasteiger partial charge is 0.469 e. The summed E-state index contributed by atoms with van der Waals surface area (Å²) in [7, 11) is 0. The van der Waals surface area contributed by atoms with Crippen LogP contribution in [0, 0.1) is 0 Å². The molecule has 1 saturated carbocycles. The van der Waals surface area contributed by atoms with Crippen LogP contribution >= 0.6 is 11.6 Å². The Morgan fingerprint density at radius 3 is 1.38 bits per heavy atom. The van der Waals surface area contributed by atoms with Crippen LogP contribution < -0.4 is 0 Å². The predicted molar refractivity (Wildman–Crippen MR) is 32.3 cm³/mol. The van der Waals surface area contributed by atoms with Gasteiger partial charge in [-0.1, -0.05) is 25.7 Å². The highest BCUT2D eigenvalue weighted by atomic mass is 35.5. The molecule has 0 aliphatic heterocycles. The Morgan fingerprint density at radius 1 is 1.25 bits per heavy atom. The molecule has 1 fully saturated rings. The Morgan fingerprint density at radius 2 is 1.38 bits per heavy atom. The molecule has 0 saturated heterocycles. The Hall–Kier alpha value is -0.240. The second-order valence-electron chi connectivity index (χ2n) is 1.67. The molecule has 0 aromatic carbocycles. The van der Waals surface area contributed by atoms with E-state index in [0.717, 1.165) is 0 Å². The number of hydrogen-bond donors (Lipinski definition) is 1. The summed E-state index contributed by atoms with van der Waals surface area (Å²) in [6, 6.07) is 0. The molecule has 0 aromatic rings. The first-order valence-electron chi connectivity index (χ1n) is 2.62. The van der Waals surface area contributed by atoms with Crippen molar-refractivity contribution in [3.05, 3.63) is 0 Å². The number of carbonyl (C=O) groups is 1. The third kappa shape index (κ3) is 9.23. The zero-order valence-electron chi connectivity index (χ0n) is 4.56. The van der Waals surface area contributed by atoms with Crippen LogP contribution in [0.15, 0.2) is 0 Å². The van der Waals surface area contributed by atoms with E-state index in [0.29, 0.717) is 0 Å². The first kappa shape index (κ1) is 7.76. The van der Waals surface area contributed by atoms with Gasteiger partial charge in [0.05, 0.1) is 0 Å². The lowest BCUT2D eigenvalue weighted by Crippen LogP contribution is -1.85. The van der Waals surface area contributed by atoms with Gasteiger partial charge in [0, 0.05) is 11.6 Å². The maximum absolute atomic E-state index is 8.77. The van der Waals surface area contributed by atoms with Crippen molar-refractivity contribution < 1.29 is 9.90 Å². The van der Waals surface area contributed by atoms with Crippen LogP contribution in [-0.2, 0) is 0 Å². The molecule has 48 valence electrons. The van der Waals surface area contributed by atoms with Crippen molar-refractivity contribution in [1.82, 2.24) is 0 Å². The minimum Gasteiger partial charge on any atom is -0.469 e. The summed E-state index contributed by atoms with van der Waals surface area (Å²) >= 11 is 4.19. The van der Waals surface area contributed by atoms with Crippen molar-refractivity contribution in [1.29, 1.82) is 0 Å². The molecule has 0 aromatic heterocycles. The van der Waals surface area contributed by atoms with Gasteiger partial charge in [0.1, 0.15) is 0 Å². The third-order valence-corrected chi connectivity index (χ3v) is 1.000. The maximum Gasteiger partial charge on any atom is 0.401 e. The lowest BCUT2D eigenvalue weighted by atomic mass is 10.0. The number of carboxylic acid groups (broad SMARTS) is 1. The second-order valence-corrected chi connectivity index (χ2v) is 1.99. The molecule has 0 bridgehead atoms. The van der Waals surface area contributed by atoms with Gasteiger partial charge in [0.2, 0.25) is 0 Å². The highest BCUT2D eigenvalue weighted by Gasteiger charge is 1.95. The molecule has 0 radical (unpaired) electrons. The van der Waals surface area contributed by atoms with Crippen LogP contribution in [0.4, 0.5) is 4.79 Å². The smallest absolute Gasteiger partial charge is 0.401 e. The van der Waals surface area contributed by atoms with Crippen LogP contribution in [0.5, 0.6) is 0 Å². The average Bonchev–Trinajstić information content (AvgIpc) is 1.19. The van der Waals surface area contributed by atoms with Gasteiger partial charge in [-0.25, -0.2) is 4.79 Å². The minimum atomic E-state index is -1.36. The minimum absolute atomic E-state index is 1.36. The van der Waals surface area contributed by atoms with Crippen molar-refractivity contribution in [2.75, 3.05) is 0 Å².